The van der Waals surface area contributed by atoms with Crippen LogP contribution in [0.25, 0.3) is 22.6 Å². The maximum Gasteiger partial charge on any atom is 0.342 e. The summed E-state index contributed by atoms with van der Waals surface area (Å²) in [4.78, 5) is 19.9. The summed E-state index contributed by atoms with van der Waals surface area (Å²) in [5, 5.41) is 7.04. The molecule has 0 aliphatic rings. The molecule has 2 N–H and O–H groups in total. The summed E-state index contributed by atoms with van der Waals surface area (Å²) in [5.74, 6) is 0.170. The van der Waals surface area contributed by atoms with Gasteiger partial charge >= 0.3 is 5.97 Å². The number of aryl methyl sites for hydroxylation is 3. The zero-order valence-electron chi connectivity index (χ0n) is 13.1. The number of fused-ring (bicyclic) bond motifs is 1. The van der Waals surface area contributed by atoms with Gasteiger partial charge in [0.2, 0.25) is 0 Å². The third-order valence-electron chi connectivity index (χ3n) is 3.75. The number of aromatic nitrogens is 4. The number of nitrogens with zero attached hydrogens (tertiary/aromatic N) is 2. The molecule has 6 nitrogen and oxygen atoms in total. The van der Waals surface area contributed by atoms with E-state index in [0.717, 1.165) is 11.0 Å². The number of esters is 1. The van der Waals surface area contributed by atoms with Crippen molar-refractivity contribution in [3.05, 3.63) is 34.5 Å². The molecule has 0 saturated carbocycles. The maximum absolute atomic E-state index is 12.1. The van der Waals surface area contributed by atoms with E-state index in [2.05, 4.69) is 27.1 Å². The van der Waals surface area contributed by atoms with Crippen LogP contribution in [0, 0.1) is 20.8 Å². The smallest absolute Gasteiger partial charge is 0.342 e. The number of hydrogen-bond donors (Lipinski definition) is 2. The fourth-order valence-corrected chi connectivity index (χ4v) is 2.44. The topological polar surface area (TPSA) is 83.7 Å². The van der Waals surface area contributed by atoms with Crippen molar-refractivity contribution in [2.24, 2.45) is 0 Å². The molecule has 22 heavy (non-hydrogen) atoms. The number of benzene rings is 1. The van der Waals surface area contributed by atoms with Crippen molar-refractivity contribution >= 4 is 17.0 Å². The van der Waals surface area contributed by atoms with Crippen molar-refractivity contribution in [3.63, 3.8) is 0 Å². The second-order valence-electron chi connectivity index (χ2n) is 5.33. The number of nitrogens with one attached hydrogen (secondary N) is 2. The van der Waals surface area contributed by atoms with Gasteiger partial charge in [0.25, 0.3) is 0 Å². The Morgan fingerprint density at radius 2 is 1.95 bits per heavy atom. The van der Waals surface area contributed by atoms with Gasteiger partial charge in [-0.1, -0.05) is 0 Å². The Balaban J connectivity index is 2.14. The molecule has 6 heteroatoms. The number of ether oxygens (including phenoxy) is 1. The molecule has 0 atom stereocenters. The largest absolute Gasteiger partial charge is 0.462 e. The van der Waals surface area contributed by atoms with Crippen LogP contribution in [0.5, 0.6) is 0 Å². The van der Waals surface area contributed by atoms with E-state index >= 15 is 0 Å². The molecule has 0 unspecified atom stereocenters. The van der Waals surface area contributed by atoms with Gasteiger partial charge < -0.3 is 9.72 Å². The first-order chi connectivity index (χ1) is 10.5. The molecule has 114 valence electrons. The summed E-state index contributed by atoms with van der Waals surface area (Å²) in [6.45, 7) is 7.99. The first kappa shape index (κ1) is 14.3. The lowest BCUT2D eigenvalue weighted by atomic mass is 10.1. The van der Waals surface area contributed by atoms with Crippen LogP contribution in [0.3, 0.4) is 0 Å². The number of carbonyl (C=O) groups excluding carboxylic acids is 1. The first-order valence-corrected chi connectivity index (χ1v) is 7.20. The summed E-state index contributed by atoms with van der Waals surface area (Å²) in [6.07, 6.45) is 0. The SMILES string of the molecule is CCOC(=O)c1c(-c2nc3cc(C)c(C)cc3[nH]2)n[nH]c1C. The van der Waals surface area contributed by atoms with Gasteiger partial charge in [-0.2, -0.15) is 5.10 Å². The highest BCUT2D eigenvalue weighted by Crippen LogP contribution is 2.26. The summed E-state index contributed by atoms with van der Waals surface area (Å²) in [5.41, 5.74) is 5.72. The number of imidazole rings is 1. The number of hydrogen-bond acceptors (Lipinski definition) is 4. The summed E-state index contributed by atoms with van der Waals surface area (Å²) >= 11 is 0. The van der Waals surface area contributed by atoms with E-state index in [1.807, 2.05) is 19.1 Å². The van der Waals surface area contributed by atoms with Crippen LogP contribution < -0.4 is 0 Å². The Kier molecular flexibility index (Phi) is 3.44. The van der Waals surface area contributed by atoms with Crippen LogP contribution in [-0.2, 0) is 4.74 Å². The number of carbonyl (C=O) groups is 1. The average molecular weight is 298 g/mol. The molecular weight excluding hydrogens is 280 g/mol. The summed E-state index contributed by atoms with van der Waals surface area (Å²) in [6, 6.07) is 4.07. The van der Waals surface area contributed by atoms with E-state index in [1.165, 1.54) is 11.1 Å². The van der Waals surface area contributed by atoms with Gasteiger partial charge in [-0.3, -0.25) is 5.10 Å². The predicted molar refractivity (Wildman–Crippen MR) is 83.8 cm³/mol. The lowest BCUT2D eigenvalue weighted by Crippen LogP contribution is -2.07. The standard InChI is InChI=1S/C16H18N4O2/c1-5-22-16(21)13-10(4)19-20-14(13)15-17-11-6-8(2)9(3)7-12(11)18-15/h6-7H,5H2,1-4H3,(H,17,18)(H,19,20). The van der Waals surface area contributed by atoms with Gasteiger partial charge in [0.05, 0.1) is 17.6 Å². The maximum atomic E-state index is 12.1. The zero-order valence-corrected chi connectivity index (χ0v) is 13.1. The van der Waals surface area contributed by atoms with Crippen molar-refractivity contribution in [1.29, 1.82) is 0 Å². The van der Waals surface area contributed by atoms with Crippen LogP contribution >= 0.6 is 0 Å². The van der Waals surface area contributed by atoms with Crippen molar-refractivity contribution in [2.45, 2.75) is 27.7 Å². The van der Waals surface area contributed by atoms with Gasteiger partial charge in [-0.15, -0.1) is 0 Å². The molecular formula is C16H18N4O2. The van der Waals surface area contributed by atoms with Crippen molar-refractivity contribution < 1.29 is 9.53 Å². The van der Waals surface area contributed by atoms with E-state index in [1.54, 1.807) is 13.8 Å². The molecule has 0 spiro atoms. The molecule has 0 radical (unpaired) electrons. The minimum absolute atomic E-state index is 0.321. The van der Waals surface area contributed by atoms with E-state index in [-0.39, 0.29) is 0 Å². The molecule has 0 amide bonds. The zero-order chi connectivity index (χ0) is 15.9. The first-order valence-electron chi connectivity index (χ1n) is 7.20. The van der Waals surface area contributed by atoms with Gasteiger partial charge in [-0.25, -0.2) is 9.78 Å². The van der Waals surface area contributed by atoms with Gasteiger partial charge in [0, 0.05) is 5.69 Å². The number of rotatable bonds is 3. The summed E-state index contributed by atoms with van der Waals surface area (Å²) < 4.78 is 5.10. The second kappa shape index (κ2) is 5.29. The quantitative estimate of drug-likeness (QED) is 0.728. The van der Waals surface area contributed by atoms with E-state index in [9.17, 15) is 4.79 Å². The molecule has 2 aromatic heterocycles. The molecule has 3 aromatic rings. The Labute approximate surface area is 127 Å². The Hall–Kier alpha value is -2.63. The fourth-order valence-electron chi connectivity index (χ4n) is 2.44. The van der Waals surface area contributed by atoms with Crippen LogP contribution in [0.2, 0.25) is 0 Å². The lowest BCUT2D eigenvalue weighted by molar-refractivity contribution is 0.0526. The lowest BCUT2D eigenvalue weighted by Gasteiger charge is -2.01. The van der Waals surface area contributed by atoms with Crippen molar-refractivity contribution in [1.82, 2.24) is 20.2 Å². The molecule has 0 bridgehead atoms. The molecule has 0 saturated heterocycles. The monoisotopic (exact) mass is 298 g/mol. The third kappa shape index (κ3) is 2.26. The fraction of sp³-hybridized carbons (Fsp3) is 0.312. The van der Waals surface area contributed by atoms with Crippen LogP contribution in [0.15, 0.2) is 12.1 Å². The van der Waals surface area contributed by atoms with Crippen LogP contribution in [0.4, 0.5) is 0 Å². The summed E-state index contributed by atoms with van der Waals surface area (Å²) in [7, 11) is 0. The molecule has 0 aliphatic heterocycles. The van der Waals surface area contributed by atoms with E-state index in [0.29, 0.717) is 29.4 Å². The minimum Gasteiger partial charge on any atom is -0.462 e. The predicted octanol–water partition coefficient (Wildman–Crippen LogP) is 3.05. The number of H-pyrrole nitrogens is 2. The van der Waals surface area contributed by atoms with E-state index in [4.69, 9.17) is 4.74 Å². The molecule has 2 heterocycles. The molecule has 0 aliphatic carbocycles. The Morgan fingerprint density at radius 1 is 1.23 bits per heavy atom. The average Bonchev–Trinajstić information content (AvgIpc) is 3.03. The second-order valence-corrected chi connectivity index (χ2v) is 5.33. The minimum atomic E-state index is -0.392. The Morgan fingerprint density at radius 3 is 2.68 bits per heavy atom. The Bertz CT molecular complexity index is 822. The van der Waals surface area contributed by atoms with Gasteiger partial charge in [0.15, 0.2) is 5.82 Å². The molecule has 0 fully saturated rings. The van der Waals surface area contributed by atoms with Crippen molar-refractivity contribution in [2.75, 3.05) is 6.61 Å². The highest BCUT2D eigenvalue weighted by Gasteiger charge is 2.22. The highest BCUT2D eigenvalue weighted by atomic mass is 16.5. The van der Waals surface area contributed by atoms with Crippen molar-refractivity contribution in [3.8, 4) is 11.5 Å². The third-order valence-corrected chi connectivity index (χ3v) is 3.75. The molecule has 1 aromatic carbocycles. The highest BCUT2D eigenvalue weighted by molar-refractivity contribution is 5.97. The van der Waals surface area contributed by atoms with Crippen LogP contribution in [-0.4, -0.2) is 32.7 Å². The van der Waals surface area contributed by atoms with Gasteiger partial charge in [0.1, 0.15) is 11.3 Å². The molecule has 3 rings (SSSR count). The number of aromatic amines is 2. The van der Waals surface area contributed by atoms with E-state index < -0.39 is 5.97 Å². The van der Waals surface area contributed by atoms with Crippen LogP contribution in [0.1, 0.15) is 34.1 Å². The normalized spacial score (nSPS) is 11.1. The van der Waals surface area contributed by atoms with Gasteiger partial charge in [-0.05, 0) is 51.0 Å².